The Balaban J connectivity index is 1.54. The maximum absolute atomic E-state index is 13.0. The van der Waals surface area contributed by atoms with Gasteiger partial charge in [-0.05, 0) is 48.4 Å². The Morgan fingerprint density at radius 3 is 2.07 bits per heavy atom. The Labute approximate surface area is 177 Å². The molecule has 8 heteroatoms. The predicted octanol–water partition coefficient (Wildman–Crippen LogP) is 1.76. The topological polar surface area (TPSA) is 76.2 Å². The minimum atomic E-state index is -3.21. The largest absolute Gasteiger partial charge is 0.497 e. The Hall–Kier alpha value is -2.58. The molecule has 2 atom stereocenters. The van der Waals surface area contributed by atoms with Crippen molar-refractivity contribution in [3.63, 3.8) is 0 Å². The molecule has 0 bridgehead atoms. The first-order chi connectivity index (χ1) is 14.4. The molecule has 0 N–H and O–H groups in total. The molecule has 2 aromatic rings. The van der Waals surface area contributed by atoms with Crippen LogP contribution in [-0.2, 0) is 21.1 Å². The van der Waals surface area contributed by atoms with Crippen molar-refractivity contribution < 1.29 is 22.7 Å². The first-order valence-corrected chi connectivity index (χ1v) is 11.8. The summed E-state index contributed by atoms with van der Waals surface area (Å²) in [5, 5.41) is 0. The Morgan fingerprint density at radius 2 is 1.47 bits per heavy atom. The van der Waals surface area contributed by atoms with Crippen molar-refractivity contribution in [2.45, 2.75) is 18.5 Å². The molecule has 2 saturated heterocycles. The molecule has 30 heavy (non-hydrogen) atoms. The van der Waals surface area contributed by atoms with Gasteiger partial charge in [0.15, 0.2) is 9.84 Å². The van der Waals surface area contributed by atoms with E-state index in [1.807, 2.05) is 41.3 Å². The van der Waals surface area contributed by atoms with E-state index in [2.05, 4.69) is 0 Å². The van der Waals surface area contributed by atoms with Crippen LogP contribution in [0.15, 0.2) is 48.5 Å². The summed E-state index contributed by atoms with van der Waals surface area (Å²) in [5.74, 6) is 1.49. The summed E-state index contributed by atoms with van der Waals surface area (Å²) in [6.45, 7) is 0.837. The number of carbonyl (C=O) groups excluding carboxylic acids is 1. The summed E-state index contributed by atoms with van der Waals surface area (Å²) in [6.07, 6.45) is 0.739. The van der Waals surface area contributed by atoms with Gasteiger partial charge >= 0.3 is 0 Å². The van der Waals surface area contributed by atoms with Crippen molar-refractivity contribution in [3.05, 3.63) is 54.1 Å². The summed E-state index contributed by atoms with van der Waals surface area (Å²) >= 11 is 0. The van der Waals surface area contributed by atoms with E-state index in [-0.39, 0.29) is 36.0 Å². The van der Waals surface area contributed by atoms with Gasteiger partial charge in [0.25, 0.3) is 0 Å². The highest BCUT2D eigenvalue weighted by molar-refractivity contribution is 7.91. The van der Waals surface area contributed by atoms with Crippen molar-refractivity contribution in [1.82, 2.24) is 4.90 Å². The molecule has 2 aromatic carbocycles. The molecule has 0 saturated carbocycles. The van der Waals surface area contributed by atoms with Gasteiger partial charge in [-0.25, -0.2) is 8.42 Å². The average Bonchev–Trinajstić information content (AvgIpc) is 3.07. The standard InChI is InChI=1S/C22H26N2O5S/c1-28-18-7-3-16(4-8-18)11-12-23-13-22(25)24(17-5-9-19(29-2)10-6-17)21-15-30(26,27)14-20(21)23/h3-10,20-21H,11-15H2,1-2H3/t20-,21+/m0/s1. The normalized spacial score (nSPS) is 23.3. The summed E-state index contributed by atoms with van der Waals surface area (Å²) in [6, 6.07) is 14.4. The molecule has 0 aromatic heterocycles. The number of benzene rings is 2. The number of hydrogen-bond acceptors (Lipinski definition) is 6. The lowest BCUT2D eigenvalue weighted by Crippen LogP contribution is -2.62. The molecule has 2 heterocycles. The summed E-state index contributed by atoms with van der Waals surface area (Å²) in [5.41, 5.74) is 1.83. The Bertz CT molecular complexity index is 1000. The number of methoxy groups -OCH3 is 2. The van der Waals surface area contributed by atoms with E-state index in [4.69, 9.17) is 9.47 Å². The van der Waals surface area contributed by atoms with Crippen LogP contribution in [0.1, 0.15) is 5.56 Å². The van der Waals surface area contributed by atoms with Gasteiger partial charge in [-0.2, -0.15) is 0 Å². The molecule has 2 aliphatic heterocycles. The van der Waals surface area contributed by atoms with Crippen molar-refractivity contribution in [2.24, 2.45) is 0 Å². The van der Waals surface area contributed by atoms with Gasteiger partial charge in [0.1, 0.15) is 11.5 Å². The van der Waals surface area contributed by atoms with Gasteiger partial charge < -0.3 is 14.4 Å². The molecular weight excluding hydrogens is 404 g/mol. The summed E-state index contributed by atoms with van der Waals surface area (Å²) < 4.78 is 35.3. The van der Waals surface area contributed by atoms with Crippen LogP contribution in [0.3, 0.4) is 0 Å². The smallest absolute Gasteiger partial charge is 0.241 e. The lowest BCUT2D eigenvalue weighted by molar-refractivity contribution is -0.123. The van der Waals surface area contributed by atoms with E-state index in [1.54, 1.807) is 31.3 Å². The monoisotopic (exact) mass is 430 g/mol. The van der Waals surface area contributed by atoms with Crippen molar-refractivity contribution in [2.75, 3.05) is 43.7 Å². The molecule has 7 nitrogen and oxygen atoms in total. The highest BCUT2D eigenvalue weighted by Crippen LogP contribution is 2.32. The molecule has 2 aliphatic rings. The number of anilines is 1. The van der Waals surface area contributed by atoms with Crippen LogP contribution >= 0.6 is 0 Å². The minimum absolute atomic E-state index is 0.00548. The number of rotatable bonds is 6. The van der Waals surface area contributed by atoms with Crippen molar-refractivity contribution >= 4 is 21.4 Å². The summed E-state index contributed by atoms with van der Waals surface area (Å²) in [7, 11) is 0.00555. The highest BCUT2D eigenvalue weighted by Gasteiger charge is 2.49. The third kappa shape index (κ3) is 4.15. The number of carbonyl (C=O) groups is 1. The van der Waals surface area contributed by atoms with Gasteiger partial charge in [-0.3, -0.25) is 9.69 Å². The second-order valence-corrected chi connectivity index (χ2v) is 9.90. The molecule has 0 spiro atoms. The molecule has 4 rings (SSSR count). The van der Waals surface area contributed by atoms with E-state index < -0.39 is 9.84 Å². The number of hydrogen-bond donors (Lipinski definition) is 0. The van der Waals surface area contributed by atoms with E-state index >= 15 is 0 Å². The SMILES string of the molecule is COc1ccc(CCN2CC(=O)N(c3ccc(OC)cc3)[C@@H]3CS(=O)(=O)C[C@@H]32)cc1. The number of ether oxygens (including phenoxy) is 2. The third-order valence-corrected chi connectivity index (χ3v) is 7.60. The van der Waals surface area contributed by atoms with Crippen LogP contribution in [0.5, 0.6) is 11.5 Å². The van der Waals surface area contributed by atoms with Crippen LogP contribution in [0.25, 0.3) is 0 Å². The number of piperazine rings is 1. The second kappa shape index (κ2) is 8.28. The molecule has 0 unspecified atom stereocenters. The number of nitrogens with zero attached hydrogens (tertiary/aromatic N) is 2. The van der Waals surface area contributed by atoms with Gasteiger partial charge in [-0.15, -0.1) is 0 Å². The van der Waals surface area contributed by atoms with E-state index in [0.29, 0.717) is 18.0 Å². The van der Waals surface area contributed by atoms with Crippen molar-refractivity contribution in [1.29, 1.82) is 0 Å². The van der Waals surface area contributed by atoms with Gasteiger partial charge in [-0.1, -0.05) is 12.1 Å². The van der Waals surface area contributed by atoms with E-state index in [1.165, 1.54) is 0 Å². The van der Waals surface area contributed by atoms with Crippen LogP contribution in [0.4, 0.5) is 5.69 Å². The fraction of sp³-hybridized carbons (Fsp3) is 0.409. The van der Waals surface area contributed by atoms with Crippen LogP contribution in [-0.4, -0.2) is 70.1 Å². The van der Waals surface area contributed by atoms with Crippen LogP contribution in [0, 0.1) is 0 Å². The molecular formula is C22H26N2O5S. The zero-order valence-corrected chi connectivity index (χ0v) is 18.0. The maximum atomic E-state index is 13.0. The van der Waals surface area contributed by atoms with E-state index in [0.717, 1.165) is 17.7 Å². The number of sulfone groups is 1. The predicted molar refractivity (Wildman–Crippen MR) is 115 cm³/mol. The average molecular weight is 431 g/mol. The Kier molecular flexibility index (Phi) is 5.71. The fourth-order valence-corrected chi connectivity index (χ4v) is 6.33. The molecule has 0 aliphatic carbocycles. The second-order valence-electron chi connectivity index (χ2n) is 7.74. The third-order valence-electron chi connectivity index (χ3n) is 5.90. The first-order valence-electron chi connectivity index (χ1n) is 9.94. The van der Waals surface area contributed by atoms with Gasteiger partial charge in [0.05, 0.1) is 38.3 Å². The highest BCUT2D eigenvalue weighted by atomic mass is 32.2. The van der Waals surface area contributed by atoms with Gasteiger partial charge in [0, 0.05) is 18.3 Å². The van der Waals surface area contributed by atoms with Crippen LogP contribution < -0.4 is 14.4 Å². The molecule has 0 radical (unpaired) electrons. The zero-order valence-electron chi connectivity index (χ0n) is 17.2. The number of amides is 1. The molecule has 2 fully saturated rings. The molecule has 1 amide bonds. The first kappa shape index (κ1) is 20.7. The molecule has 160 valence electrons. The lowest BCUT2D eigenvalue weighted by Gasteiger charge is -2.43. The van der Waals surface area contributed by atoms with Gasteiger partial charge in [0.2, 0.25) is 5.91 Å². The van der Waals surface area contributed by atoms with Crippen LogP contribution in [0.2, 0.25) is 0 Å². The Morgan fingerprint density at radius 1 is 0.900 bits per heavy atom. The fourth-order valence-electron chi connectivity index (χ4n) is 4.35. The summed E-state index contributed by atoms with van der Waals surface area (Å²) in [4.78, 5) is 16.7. The minimum Gasteiger partial charge on any atom is -0.497 e. The quantitative estimate of drug-likeness (QED) is 0.695. The lowest BCUT2D eigenvalue weighted by atomic mass is 10.0. The van der Waals surface area contributed by atoms with E-state index in [9.17, 15) is 13.2 Å². The van der Waals surface area contributed by atoms with Crippen molar-refractivity contribution in [3.8, 4) is 11.5 Å². The number of fused-ring (bicyclic) bond motifs is 1. The zero-order chi connectivity index (χ0) is 21.3. The maximum Gasteiger partial charge on any atom is 0.241 e.